The highest BCUT2D eigenvalue weighted by molar-refractivity contribution is 5.91. The zero-order chi connectivity index (χ0) is 42.8. The van der Waals surface area contributed by atoms with Gasteiger partial charge < -0.3 is 23.7 Å². The minimum atomic E-state index is -1.36. The van der Waals surface area contributed by atoms with Crippen molar-refractivity contribution in [2.75, 3.05) is 6.61 Å². The Morgan fingerprint density at radius 3 is 1.87 bits per heavy atom. The van der Waals surface area contributed by atoms with E-state index in [1.807, 2.05) is 129 Å². The Bertz CT molecular complexity index is 2580. The van der Waals surface area contributed by atoms with Gasteiger partial charge in [0.1, 0.15) is 12.2 Å². The number of hydrogen-bond acceptors (Lipinski definition) is 10. The molecule has 0 aromatic heterocycles. The number of fused-ring (bicyclic) bond motifs is 5. The summed E-state index contributed by atoms with van der Waals surface area (Å²) in [5.74, 6) is -5.52. The smallest absolute Gasteiger partial charge is 0.345 e. The van der Waals surface area contributed by atoms with Gasteiger partial charge in [-0.3, -0.25) is 9.59 Å². The molecule has 1 heterocycles. The number of hydrogen-bond donors (Lipinski definition) is 0. The van der Waals surface area contributed by atoms with Gasteiger partial charge in [-0.25, -0.2) is 14.4 Å². The van der Waals surface area contributed by atoms with Crippen molar-refractivity contribution < 1.29 is 47.7 Å². The van der Waals surface area contributed by atoms with Crippen molar-refractivity contribution in [3.63, 3.8) is 0 Å². The van der Waals surface area contributed by atoms with Gasteiger partial charge in [0.2, 0.25) is 0 Å². The highest BCUT2D eigenvalue weighted by Gasteiger charge is 2.70. The number of carbonyl (C=O) groups is 5. The van der Waals surface area contributed by atoms with Crippen LogP contribution in [0.25, 0.3) is 24.3 Å². The molecule has 4 aromatic rings. The summed E-state index contributed by atoms with van der Waals surface area (Å²) < 4.78 is 29.8. The van der Waals surface area contributed by atoms with E-state index in [1.54, 1.807) is 6.92 Å². The van der Waals surface area contributed by atoms with E-state index in [4.69, 9.17) is 23.7 Å². The highest BCUT2D eigenvalue weighted by atomic mass is 16.6. The Balaban J connectivity index is 0.942. The van der Waals surface area contributed by atoms with Crippen molar-refractivity contribution in [2.45, 2.75) is 57.0 Å². The number of ether oxygens (including phenoxy) is 5. The van der Waals surface area contributed by atoms with E-state index in [0.717, 1.165) is 33.4 Å². The average Bonchev–Trinajstić information content (AvgIpc) is 3.82. The minimum Gasteiger partial charge on any atom is -0.458 e. The molecular weight excluding hydrogens is 773 g/mol. The van der Waals surface area contributed by atoms with Crippen LogP contribution in [0.3, 0.4) is 0 Å². The van der Waals surface area contributed by atoms with Gasteiger partial charge >= 0.3 is 29.8 Å². The molecule has 0 radical (unpaired) electrons. The molecule has 1 saturated heterocycles. The van der Waals surface area contributed by atoms with Crippen LogP contribution < -0.4 is 0 Å². The minimum absolute atomic E-state index is 0.0589. The second-order valence-corrected chi connectivity index (χ2v) is 16.8. The third kappa shape index (κ3) is 6.61. The van der Waals surface area contributed by atoms with Crippen molar-refractivity contribution in [3.05, 3.63) is 165 Å². The van der Waals surface area contributed by atoms with Crippen molar-refractivity contribution in [2.24, 2.45) is 23.7 Å². The van der Waals surface area contributed by atoms with E-state index in [9.17, 15) is 24.0 Å². The summed E-state index contributed by atoms with van der Waals surface area (Å²) in [5.41, 5.74) is 4.79. The lowest BCUT2D eigenvalue weighted by atomic mass is 9.77. The maximum Gasteiger partial charge on any atom is 0.345 e. The molecule has 1 aliphatic heterocycles. The largest absolute Gasteiger partial charge is 0.458 e. The average molecular weight is 817 g/mol. The zero-order valence-corrected chi connectivity index (χ0v) is 34.1. The Morgan fingerprint density at radius 1 is 0.705 bits per heavy atom. The molecule has 10 nitrogen and oxygen atoms in total. The van der Waals surface area contributed by atoms with Crippen LogP contribution in [0.1, 0.15) is 77.3 Å². The summed E-state index contributed by atoms with van der Waals surface area (Å²) in [4.78, 5) is 67.4. The maximum absolute atomic E-state index is 14.6. The molecule has 0 spiro atoms. The zero-order valence-electron chi connectivity index (χ0n) is 34.1. The van der Waals surface area contributed by atoms with Crippen LogP contribution in [-0.2, 0) is 65.3 Å². The van der Waals surface area contributed by atoms with E-state index >= 15 is 0 Å². The molecule has 2 bridgehead atoms. The van der Waals surface area contributed by atoms with Gasteiger partial charge in [0.25, 0.3) is 0 Å². The fraction of sp³-hybridized carbons (Fsp3) is 0.275. The van der Waals surface area contributed by atoms with Crippen LogP contribution in [0, 0.1) is 23.7 Å². The Hall–Kier alpha value is -6.81. The summed E-state index contributed by atoms with van der Waals surface area (Å²) in [5, 5.41) is 0. The first kappa shape index (κ1) is 39.6. The van der Waals surface area contributed by atoms with Crippen LogP contribution in [0.15, 0.2) is 115 Å². The predicted octanol–water partition coefficient (Wildman–Crippen LogP) is 7.91. The molecule has 5 aliphatic rings. The molecular formula is C51H44O10. The Morgan fingerprint density at radius 2 is 1.26 bits per heavy atom. The van der Waals surface area contributed by atoms with Crippen LogP contribution in [0.2, 0.25) is 0 Å². The number of carbonyl (C=O) groups excluding carboxylic acids is 5. The van der Waals surface area contributed by atoms with E-state index in [2.05, 4.69) is 13.2 Å². The third-order valence-electron chi connectivity index (χ3n) is 13.1. The number of esters is 5. The molecule has 61 heavy (non-hydrogen) atoms. The third-order valence-corrected chi connectivity index (χ3v) is 13.1. The van der Waals surface area contributed by atoms with Crippen LogP contribution >= 0.6 is 0 Å². The second kappa shape index (κ2) is 15.0. The normalized spacial score (nSPS) is 25.3. The lowest BCUT2D eigenvalue weighted by Gasteiger charge is -2.36. The van der Waals surface area contributed by atoms with Crippen LogP contribution in [0.5, 0.6) is 0 Å². The first-order valence-corrected chi connectivity index (χ1v) is 20.4. The SMILES string of the molecule is C=C(C)C(=O)OC1C2CC3C1OC(=O)C3C2C(=O)OC1(C)c2ccccc2C=Cc2c(CC(=C)C(=O)OCC(=O)OC3(C)c4ccccc4C=Cc4ccccc43)cccc21. The monoisotopic (exact) mass is 816 g/mol. The summed E-state index contributed by atoms with van der Waals surface area (Å²) in [6.45, 7) is 12.3. The first-order chi connectivity index (χ1) is 29.3. The van der Waals surface area contributed by atoms with E-state index < -0.39 is 77.6 Å². The summed E-state index contributed by atoms with van der Waals surface area (Å²) >= 11 is 0. The summed E-state index contributed by atoms with van der Waals surface area (Å²) in [6, 6.07) is 28.5. The van der Waals surface area contributed by atoms with Crippen LogP contribution in [0.4, 0.5) is 0 Å². The number of benzene rings is 4. The molecule has 4 aliphatic carbocycles. The van der Waals surface area contributed by atoms with E-state index in [-0.39, 0.29) is 23.5 Å². The molecule has 9 rings (SSSR count). The molecule has 10 heteroatoms. The maximum atomic E-state index is 14.6. The molecule has 0 N–H and O–H groups in total. The highest BCUT2D eigenvalue weighted by Crippen LogP contribution is 2.59. The lowest BCUT2D eigenvalue weighted by Crippen LogP contribution is -2.45. The number of rotatable bonds is 10. The molecule has 0 amide bonds. The van der Waals surface area contributed by atoms with Gasteiger partial charge in [-0.15, -0.1) is 0 Å². The van der Waals surface area contributed by atoms with Gasteiger partial charge in [-0.2, -0.15) is 0 Å². The topological polar surface area (TPSA) is 132 Å². The van der Waals surface area contributed by atoms with Crippen LogP contribution in [-0.4, -0.2) is 48.7 Å². The summed E-state index contributed by atoms with van der Waals surface area (Å²) in [7, 11) is 0. The molecule has 7 unspecified atom stereocenters. The summed E-state index contributed by atoms with van der Waals surface area (Å²) in [6.07, 6.45) is 6.97. The molecule has 7 atom stereocenters. The van der Waals surface area contributed by atoms with Gasteiger partial charge in [-0.1, -0.05) is 128 Å². The van der Waals surface area contributed by atoms with Gasteiger partial charge in [-0.05, 0) is 55.0 Å². The molecule has 4 aromatic carbocycles. The van der Waals surface area contributed by atoms with Crippen molar-refractivity contribution in [3.8, 4) is 0 Å². The van der Waals surface area contributed by atoms with Gasteiger partial charge in [0.15, 0.2) is 17.8 Å². The molecule has 3 fully saturated rings. The second-order valence-electron chi connectivity index (χ2n) is 16.8. The molecule has 2 saturated carbocycles. The van der Waals surface area contributed by atoms with Crippen molar-refractivity contribution in [1.29, 1.82) is 0 Å². The van der Waals surface area contributed by atoms with Gasteiger partial charge in [0, 0.05) is 51.7 Å². The Labute approximate surface area is 353 Å². The first-order valence-electron chi connectivity index (χ1n) is 20.4. The standard InChI is InChI=1S/C51H44O10/c1-28(2)46(53)58-44-36-26-35-42(48(55)59-45(35)44)43(36)49(56)61-51(5)39-19-11-8-15-32(39)23-24-34-33(16-12-20-40(34)51)25-29(3)47(54)57-27-41(52)60-50(4)37-17-9-6-13-30(37)21-22-31-14-7-10-18-38(31)50/h6-24,35-36,42-45H,1,3,25-27H2,2,4-5H3. The molecule has 308 valence electrons. The lowest BCUT2D eigenvalue weighted by molar-refractivity contribution is -0.170. The van der Waals surface area contributed by atoms with E-state index in [1.165, 1.54) is 0 Å². The van der Waals surface area contributed by atoms with Crippen molar-refractivity contribution in [1.82, 2.24) is 0 Å². The van der Waals surface area contributed by atoms with Crippen molar-refractivity contribution >= 4 is 54.2 Å². The fourth-order valence-corrected chi connectivity index (χ4v) is 10.2. The quantitative estimate of drug-likeness (QED) is 0.0885. The van der Waals surface area contributed by atoms with Gasteiger partial charge in [0.05, 0.1) is 11.8 Å². The fourth-order valence-electron chi connectivity index (χ4n) is 10.2. The predicted molar refractivity (Wildman–Crippen MR) is 226 cm³/mol. The Kier molecular flexibility index (Phi) is 9.77. The van der Waals surface area contributed by atoms with E-state index in [0.29, 0.717) is 23.1 Å².